The summed E-state index contributed by atoms with van der Waals surface area (Å²) in [6.07, 6.45) is 4.43. The number of nitrogens with one attached hydrogen (secondary N) is 1. The molecule has 0 saturated carbocycles. The summed E-state index contributed by atoms with van der Waals surface area (Å²) in [5.74, 6) is 1.00. The highest BCUT2D eigenvalue weighted by Crippen LogP contribution is 2.20. The van der Waals surface area contributed by atoms with Crippen LogP contribution in [0.15, 0.2) is 0 Å². The maximum absolute atomic E-state index is 12.1. The van der Waals surface area contributed by atoms with Crippen molar-refractivity contribution < 1.29 is 4.79 Å². The lowest BCUT2D eigenvalue weighted by Gasteiger charge is -2.37. The molecule has 16 heavy (non-hydrogen) atoms. The number of likely N-dealkylation sites (N-methyl/N-ethyl adjacent to an activating group) is 1. The average molecular weight is 226 g/mol. The summed E-state index contributed by atoms with van der Waals surface area (Å²) in [5, 5.41) is 3.11. The van der Waals surface area contributed by atoms with Gasteiger partial charge in [-0.1, -0.05) is 20.3 Å². The largest absolute Gasteiger partial charge is 0.339 e. The molecule has 0 aromatic rings. The molecule has 1 fully saturated rings. The summed E-state index contributed by atoms with van der Waals surface area (Å²) in [5.41, 5.74) is 0. The number of amides is 1. The van der Waals surface area contributed by atoms with Gasteiger partial charge in [0.05, 0.1) is 6.04 Å². The van der Waals surface area contributed by atoms with Crippen LogP contribution >= 0.6 is 0 Å². The Morgan fingerprint density at radius 1 is 1.50 bits per heavy atom. The molecule has 3 heteroatoms. The predicted octanol–water partition coefficient (Wildman–Crippen LogP) is 2.02. The molecule has 94 valence electrons. The van der Waals surface area contributed by atoms with Crippen LogP contribution in [0, 0.1) is 5.92 Å². The van der Waals surface area contributed by atoms with E-state index in [0.29, 0.717) is 17.9 Å². The van der Waals surface area contributed by atoms with Crippen molar-refractivity contribution in [3.05, 3.63) is 0 Å². The van der Waals surface area contributed by atoms with Crippen molar-refractivity contribution >= 4 is 5.91 Å². The summed E-state index contributed by atoms with van der Waals surface area (Å²) in [6.45, 7) is 7.60. The maximum atomic E-state index is 12.1. The van der Waals surface area contributed by atoms with Crippen LogP contribution in [0.4, 0.5) is 0 Å². The SMILES string of the molecule is CCC(C)CC(C)N1CCCC(NC)C1=O. The number of nitrogens with zero attached hydrogens (tertiary/aromatic N) is 1. The van der Waals surface area contributed by atoms with E-state index in [0.717, 1.165) is 25.8 Å². The third kappa shape index (κ3) is 3.21. The molecule has 0 aromatic heterocycles. The number of hydrogen-bond acceptors (Lipinski definition) is 2. The first kappa shape index (κ1) is 13.5. The van der Waals surface area contributed by atoms with Crippen LogP contribution in [0.25, 0.3) is 0 Å². The van der Waals surface area contributed by atoms with Crippen LogP contribution < -0.4 is 5.32 Å². The second-order valence-electron chi connectivity index (χ2n) is 5.11. The molecule has 0 spiro atoms. The van der Waals surface area contributed by atoms with Crippen molar-refractivity contribution in [1.29, 1.82) is 0 Å². The molecule has 3 unspecified atom stereocenters. The van der Waals surface area contributed by atoms with Crippen LogP contribution in [0.3, 0.4) is 0 Å². The minimum absolute atomic E-state index is 0.0492. The molecule has 1 aliphatic heterocycles. The molecule has 3 atom stereocenters. The van der Waals surface area contributed by atoms with Crippen LogP contribution in [0.5, 0.6) is 0 Å². The Labute approximate surface area is 99.6 Å². The maximum Gasteiger partial charge on any atom is 0.239 e. The van der Waals surface area contributed by atoms with Crippen molar-refractivity contribution in [2.45, 2.75) is 58.5 Å². The molecular formula is C13H26N2O. The van der Waals surface area contributed by atoms with Crippen LogP contribution in [-0.2, 0) is 4.79 Å². The Balaban J connectivity index is 2.54. The summed E-state index contributed by atoms with van der Waals surface area (Å²) in [6, 6.07) is 0.437. The third-order valence-electron chi connectivity index (χ3n) is 3.79. The van der Waals surface area contributed by atoms with Crippen molar-refractivity contribution in [2.24, 2.45) is 5.92 Å². The van der Waals surface area contributed by atoms with E-state index >= 15 is 0 Å². The van der Waals surface area contributed by atoms with Crippen molar-refractivity contribution in [2.75, 3.05) is 13.6 Å². The highest BCUT2D eigenvalue weighted by Gasteiger charge is 2.30. The summed E-state index contributed by atoms with van der Waals surface area (Å²) in [4.78, 5) is 14.2. The summed E-state index contributed by atoms with van der Waals surface area (Å²) in [7, 11) is 1.88. The molecule has 1 heterocycles. The molecular weight excluding hydrogens is 200 g/mol. The number of carbonyl (C=O) groups excluding carboxylic acids is 1. The Kier molecular flexibility index (Phi) is 5.26. The van der Waals surface area contributed by atoms with E-state index in [9.17, 15) is 4.79 Å². The fraction of sp³-hybridized carbons (Fsp3) is 0.923. The minimum Gasteiger partial charge on any atom is -0.339 e. The average Bonchev–Trinajstić information content (AvgIpc) is 2.29. The van der Waals surface area contributed by atoms with Gasteiger partial charge in [-0.3, -0.25) is 4.79 Å². The first-order valence-electron chi connectivity index (χ1n) is 6.57. The van der Waals surface area contributed by atoms with Gasteiger partial charge in [-0.15, -0.1) is 0 Å². The van der Waals surface area contributed by atoms with Crippen molar-refractivity contribution in [3.63, 3.8) is 0 Å². The number of rotatable bonds is 5. The second kappa shape index (κ2) is 6.24. The summed E-state index contributed by atoms with van der Waals surface area (Å²) < 4.78 is 0. The van der Waals surface area contributed by atoms with Gasteiger partial charge in [-0.25, -0.2) is 0 Å². The van der Waals surface area contributed by atoms with Gasteiger partial charge in [-0.05, 0) is 39.2 Å². The molecule has 1 rings (SSSR count). The second-order valence-corrected chi connectivity index (χ2v) is 5.11. The Bertz CT molecular complexity index is 230. The first-order chi connectivity index (χ1) is 7.60. The molecule has 1 saturated heterocycles. The number of piperidine rings is 1. The van der Waals surface area contributed by atoms with Crippen molar-refractivity contribution in [1.82, 2.24) is 10.2 Å². The van der Waals surface area contributed by atoms with E-state index in [1.54, 1.807) is 0 Å². The molecule has 1 aliphatic rings. The first-order valence-corrected chi connectivity index (χ1v) is 6.57. The van der Waals surface area contributed by atoms with E-state index < -0.39 is 0 Å². The highest BCUT2D eigenvalue weighted by atomic mass is 16.2. The highest BCUT2D eigenvalue weighted by molar-refractivity contribution is 5.82. The van der Waals surface area contributed by atoms with Gasteiger partial charge in [0, 0.05) is 12.6 Å². The Hall–Kier alpha value is -0.570. The molecule has 0 radical (unpaired) electrons. The summed E-state index contributed by atoms with van der Waals surface area (Å²) >= 11 is 0. The lowest BCUT2D eigenvalue weighted by molar-refractivity contribution is -0.138. The van der Waals surface area contributed by atoms with E-state index in [-0.39, 0.29) is 6.04 Å². The van der Waals surface area contributed by atoms with Crippen LogP contribution in [-0.4, -0.2) is 36.5 Å². The number of likely N-dealkylation sites (tertiary alicyclic amines) is 1. The smallest absolute Gasteiger partial charge is 0.239 e. The fourth-order valence-electron chi connectivity index (χ4n) is 2.48. The topological polar surface area (TPSA) is 32.3 Å². The molecule has 3 nitrogen and oxygen atoms in total. The number of carbonyl (C=O) groups is 1. The van der Waals surface area contributed by atoms with Crippen molar-refractivity contribution in [3.8, 4) is 0 Å². The Morgan fingerprint density at radius 3 is 2.75 bits per heavy atom. The van der Waals surface area contributed by atoms with Gasteiger partial charge in [0.2, 0.25) is 5.91 Å². The zero-order valence-corrected chi connectivity index (χ0v) is 11.1. The van der Waals surface area contributed by atoms with E-state index in [4.69, 9.17) is 0 Å². The molecule has 1 N–H and O–H groups in total. The van der Waals surface area contributed by atoms with Gasteiger partial charge in [0.25, 0.3) is 0 Å². The normalized spacial score (nSPS) is 25.6. The lowest BCUT2D eigenvalue weighted by Crippen LogP contribution is -2.52. The zero-order valence-electron chi connectivity index (χ0n) is 11.1. The lowest BCUT2D eigenvalue weighted by atomic mass is 9.96. The van der Waals surface area contributed by atoms with E-state index in [1.807, 2.05) is 7.05 Å². The Morgan fingerprint density at radius 2 is 2.19 bits per heavy atom. The molecule has 0 bridgehead atoms. The van der Waals surface area contributed by atoms with Crippen LogP contribution in [0.2, 0.25) is 0 Å². The standard InChI is InChI=1S/C13H26N2O/c1-5-10(2)9-11(3)15-8-6-7-12(14-4)13(15)16/h10-12,14H,5-9H2,1-4H3. The third-order valence-corrected chi connectivity index (χ3v) is 3.79. The van der Waals surface area contributed by atoms with Gasteiger partial charge in [0.1, 0.15) is 0 Å². The monoisotopic (exact) mass is 226 g/mol. The van der Waals surface area contributed by atoms with Gasteiger partial charge in [0.15, 0.2) is 0 Å². The van der Waals surface area contributed by atoms with Gasteiger partial charge >= 0.3 is 0 Å². The minimum atomic E-state index is 0.0492. The predicted molar refractivity (Wildman–Crippen MR) is 67.3 cm³/mol. The van der Waals surface area contributed by atoms with Gasteiger partial charge < -0.3 is 10.2 Å². The molecule has 0 aromatic carbocycles. The van der Waals surface area contributed by atoms with E-state index in [1.165, 1.54) is 6.42 Å². The van der Waals surface area contributed by atoms with Gasteiger partial charge in [-0.2, -0.15) is 0 Å². The van der Waals surface area contributed by atoms with E-state index in [2.05, 4.69) is 31.0 Å². The fourth-order valence-corrected chi connectivity index (χ4v) is 2.48. The molecule has 1 amide bonds. The zero-order chi connectivity index (χ0) is 12.1. The van der Waals surface area contributed by atoms with Crippen LogP contribution in [0.1, 0.15) is 46.5 Å². The number of hydrogen-bond donors (Lipinski definition) is 1. The quantitative estimate of drug-likeness (QED) is 0.778. The molecule has 0 aliphatic carbocycles.